The molecule has 6 heteroatoms. The molecule has 0 unspecified atom stereocenters. The van der Waals surface area contributed by atoms with E-state index in [1.807, 2.05) is 6.92 Å². The second-order valence-electron chi connectivity index (χ2n) is 7.37. The van der Waals surface area contributed by atoms with E-state index >= 15 is 0 Å². The highest BCUT2D eigenvalue weighted by molar-refractivity contribution is 6.41. The van der Waals surface area contributed by atoms with Crippen molar-refractivity contribution in [1.82, 2.24) is 0 Å². The highest BCUT2D eigenvalue weighted by Crippen LogP contribution is 2.44. The lowest BCUT2D eigenvalue weighted by Gasteiger charge is -2.24. The molecule has 2 aromatic carbocycles. The van der Waals surface area contributed by atoms with Crippen molar-refractivity contribution in [3.63, 3.8) is 0 Å². The Labute approximate surface area is 182 Å². The van der Waals surface area contributed by atoms with E-state index in [2.05, 4.69) is 0 Å². The van der Waals surface area contributed by atoms with Crippen LogP contribution >= 0.6 is 23.2 Å². The van der Waals surface area contributed by atoms with E-state index in [1.165, 1.54) is 26.4 Å². The number of methoxy groups -OCH3 is 2. The summed E-state index contributed by atoms with van der Waals surface area (Å²) in [5.74, 6) is 1.48. The predicted molar refractivity (Wildman–Crippen MR) is 116 cm³/mol. The maximum Gasteiger partial charge on any atom is 0.204 e. The molecule has 0 saturated heterocycles. The number of ether oxygens (including phenoxy) is 3. The maximum atomic E-state index is 13.5. The van der Waals surface area contributed by atoms with Gasteiger partial charge in [0.05, 0.1) is 42.0 Å². The number of carbonyl (C=O) groups excluding carboxylic acids is 1. The molecule has 1 aliphatic rings. The Kier molecular flexibility index (Phi) is 7.31. The van der Waals surface area contributed by atoms with E-state index < -0.39 is 0 Å². The van der Waals surface area contributed by atoms with Gasteiger partial charge in [-0.2, -0.15) is 0 Å². The summed E-state index contributed by atoms with van der Waals surface area (Å²) in [6, 6.07) is 6.78. The molecule has 1 fully saturated rings. The predicted octanol–water partition coefficient (Wildman–Crippen LogP) is 6.51. The standard InChI is InChI=1S/C23H26Cl2O4/c1-14-12-18(27-2)22(28-3)23(29-13-15-8-5-4-6-9-15)19(14)21(26)20-16(24)10-7-11-17(20)25/h7,10-12,15H,4-6,8-9,13H2,1-3H3. The molecule has 0 spiro atoms. The Morgan fingerprint density at radius 1 is 1.00 bits per heavy atom. The third-order valence-electron chi connectivity index (χ3n) is 5.43. The van der Waals surface area contributed by atoms with Crippen molar-refractivity contribution in [3.8, 4) is 17.2 Å². The zero-order valence-corrected chi connectivity index (χ0v) is 18.5. The maximum absolute atomic E-state index is 13.5. The first-order valence-electron chi connectivity index (χ1n) is 9.85. The van der Waals surface area contributed by atoms with Crippen LogP contribution in [0.25, 0.3) is 0 Å². The molecule has 1 aliphatic carbocycles. The van der Waals surface area contributed by atoms with Gasteiger partial charge in [-0.15, -0.1) is 0 Å². The molecular weight excluding hydrogens is 411 g/mol. The van der Waals surface area contributed by atoms with E-state index in [4.69, 9.17) is 37.4 Å². The van der Waals surface area contributed by atoms with Gasteiger partial charge in [0.2, 0.25) is 5.75 Å². The van der Waals surface area contributed by atoms with Gasteiger partial charge in [-0.1, -0.05) is 48.5 Å². The Hall–Kier alpha value is -1.91. The molecule has 1 saturated carbocycles. The number of halogens is 2. The topological polar surface area (TPSA) is 44.8 Å². The summed E-state index contributed by atoms with van der Waals surface area (Å²) in [6.07, 6.45) is 5.95. The van der Waals surface area contributed by atoms with Crippen molar-refractivity contribution in [1.29, 1.82) is 0 Å². The third-order valence-corrected chi connectivity index (χ3v) is 6.06. The van der Waals surface area contributed by atoms with Crippen LogP contribution in [0.15, 0.2) is 24.3 Å². The van der Waals surface area contributed by atoms with Crippen LogP contribution < -0.4 is 14.2 Å². The fourth-order valence-corrected chi connectivity index (χ4v) is 4.47. The normalized spacial score (nSPS) is 14.5. The van der Waals surface area contributed by atoms with Gasteiger partial charge in [0, 0.05) is 0 Å². The molecule has 29 heavy (non-hydrogen) atoms. The lowest BCUT2D eigenvalue weighted by molar-refractivity contribution is 0.103. The van der Waals surface area contributed by atoms with Crippen LogP contribution in [-0.2, 0) is 0 Å². The molecular formula is C23H26Cl2O4. The number of hydrogen-bond donors (Lipinski definition) is 0. The molecule has 156 valence electrons. The van der Waals surface area contributed by atoms with Gasteiger partial charge in [0.15, 0.2) is 17.3 Å². The number of aryl methyl sites for hydroxylation is 1. The first-order valence-corrected chi connectivity index (χ1v) is 10.6. The quantitative estimate of drug-likeness (QED) is 0.464. The molecule has 0 heterocycles. The molecule has 0 radical (unpaired) electrons. The first kappa shape index (κ1) is 21.8. The van der Waals surface area contributed by atoms with Crippen LogP contribution in [0.4, 0.5) is 0 Å². The minimum atomic E-state index is -0.294. The number of ketones is 1. The molecule has 0 aromatic heterocycles. The van der Waals surface area contributed by atoms with Crippen LogP contribution in [-0.4, -0.2) is 26.6 Å². The van der Waals surface area contributed by atoms with Crippen molar-refractivity contribution in [2.24, 2.45) is 5.92 Å². The monoisotopic (exact) mass is 436 g/mol. The first-order chi connectivity index (χ1) is 14.0. The summed E-state index contributed by atoms with van der Waals surface area (Å²) in [5.41, 5.74) is 1.37. The van der Waals surface area contributed by atoms with Crippen LogP contribution in [0.3, 0.4) is 0 Å². The van der Waals surface area contributed by atoms with Gasteiger partial charge in [-0.25, -0.2) is 0 Å². The molecule has 0 atom stereocenters. The summed E-state index contributed by atoms with van der Waals surface area (Å²) in [6.45, 7) is 2.37. The van der Waals surface area contributed by atoms with Gasteiger partial charge >= 0.3 is 0 Å². The average molecular weight is 437 g/mol. The molecule has 3 rings (SSSR count). The van der Waals surface area contributed by atoms with Gasteiger partial charge in [0.1, 0.15) is 0 Å². The highest BCUT2D eigenvalue weighted by Gasteiger charge is 2.28. The number of benzene rings is 2. The zero-order valence-electron chi connectivity index (χ0n) is 17.0. The van der Waals surface area contributed by atoms with Crippen LogP contribution in [0, 0.1) is 12.8 Å². The van der Waals surface area contributed by atoms with Crippen molar-refractivity contribution < 1.29 is 19.0 Å². The van der Waals surface area contributed by atoms with Crippen LogP contribution in [0.5, 0.6) is 17.2 Å². The van der Waals surface area contributed by atoms with Crippen LogP contribution in [0.2, 0.25) is 10.0 Å². The molecule has 0 bridgehead atoms. The van der Waals surface area contributed by atoms with E-state index in [9.17, 15) is 4.79 Å². The lowest BCUT2D eigenvalue weighted by atomic mass is 9.90. The fraction of sp³-hybridized carbons (Fsp3) is 0.435. The minimum Gasteiger partial charge on any atom is -0.493 e. The van der Waals surface area contributed by atoms with E-state index in [-0.39, 0.29) is 11.3 Å². The lowest BCUT2D eigenvalue weighted by Crippen LogP contribution is -2.18. The fourth-order valence-electron chi connectivity index (χ4n) is 3.90. The summed E-state index contributed by atoms with van der Waals surface area (Å²) < 4.78 is 17.3. The summed E-state index contributed by atoms with van der Waals surface area (Å²) in [5, 5.41) is 0.602. The highest BCUT2D eigenvalue weighted by atomic mass is 35.5. The van der Waals surface area contributed by atoms with Gasteiger partial charge < -0.3 is 14.2 Å². The van der Waals surface area contributed by atoms with Crippen LogP contribution in [0.1, 0.15) is 53.6 Å². The minimum absolute atomic E-state index is 0.258. The molecule has 0 amide bonds. The SMILES string of the molecule is COc1cc(C)c(C(=O)c2c(Cl)cccc2Cl)c(OCC2CCCCC2)c1OC. The number of hydrogen-bond acceptors (Lipinski definition) is 4. The molecule has 0 N–H and O–H groups in total. The average Bonchev–Trinajstić information content (AvgIpc) is 2.72. The Bertz CT molecular complexity index is 869. The van der Waals surface area contributed by atoms with Crippen molar-refractivity contribution in [2.45, 2.75) is 39.0 Å². The summed E-state index contributed by atoms with van der Waals surface area (Å²) in [7, 11) is 3.10. The Balaban J connectivity index is 2.08. The van der Waals surface area contributed by atoms with Gasteiger partial charge in [-0.3, -0.25) is 4.79 Å². The van der Waals surface area contributed by atoms with E-state index in [0.29, 0.717) is 50.9 Å². The largest absolute Gasteiger partial charge is 0.493 e. The van der Waals surface area contributed by atoms with Gasteiger partial charge in [0.25, 0.3) is 0 Å². The number of carbonyl (C=O) groups is 1. The summed E-state index contributed by atoms with van der Waals surface area (Å²) in [4.78, 5) is 13.5. The zero-order chi connectivity index (χ0) is 21.0. The van der Waals surface area contributed by atoms with E-state index in [1.54, 1.807) is 31.4 Å². The second-order valence-corrected chi connectivity index (χ2v) is 8.19. The van der Waals surface area contributed by atoms with Gasteiger partial charge in [-0.05, 0) is 49.4 Å². The van der Waals surface area contributed by atoms with Crippen molar-refractivity contribution in [2.75, 3.05) is 20.8 Å². The third kappa shape index (κ3) is 4.65. The molecule has 2 aromatic rings. The Morgan fingerprint density at radius 3 is 2.24 bits per heavy atom. The molecule has 4 nitrogen and oxygen atoms in total. The van der Waals surface area contributed by atoms with Crippen molar-refractivity contribution >= 4 is 29.0 Å². The van der Waals surface area contributed by atoms with E-state index in [0.717, 1.165) is 12.8 Å². The Morgan fingerprint density at radius 2 is 1.66 bits per heavy atom. The smallest absolute Gasteiger partial charge is 0.204 e. The molecule has 0 aliphatic heterocycles. The number of rotatable bonds is 7. The summed E-state index contributed by atoms with van der Waals surface area (Å²) >= 11 is 12.6. The second kappa shape index (κ2) is 9.73. The van der Waals surface area contributed by atoms with Crippen molar-refractivity contribution in [3.05, 3.63) is 51.0 Å².